The molecule has 1 aliphatic carbocycles. The van der Waals surface area contributed by atoms with Crippen LogP contribution in [-0.4, -0.2) is 25.8 Å². The van der Waals surface area contributed by atoms with Gasteiger partial charge in [-0.15, -0.1) is 0 Å². The number of hydrogen-bond acceptors (Lipinski definition) is 2. The van der Waals surface area contributed by atoms with E-state index < -0.39 is 0 Å². The number of hydrogen-bond donors (Lipinski definition) is 1. The molecule has 1 atom stereocenters. The van der Waals surface area contributed by atoms with E-state index in [2.05, 4.69) is 12.2 Å². The first-order valence-electron chi connectivity index (χ1n) is 5.65. The van der Waals surface area contributed by atoms with Crippen LogP contribution in [0.5, 0.6) is 0 Å². The van der Waals surface area contributed by atoms with Crippen molar-refractivity contribution in [1.82, 2.24) is 5.32 Å². The van der Waals surface area contributed by atoms with Crippen molar-refractivity contribution in [2.24, 2.45) is 0 Å². The molecule has 0 bridgehead atoms. The van der Waals surface area contributed by atoms with E-state index in [1.54, 1.807) is 0 Å². The molecule has 0 amide bonds. The van der Waals surface area contributed by atoms with Crippen LogP contribution < -0.4 is 5.32 Å². The van der Waals surface area contributed by atoms with Crippen molar-refractivity contribution in [3.8, 4) is 0 Å². The number of rotatable bonds is 6. The van der Waals surface area contributed by atoms with Crippen molar-refractivity contribution >= 4 is 0 Å². The lowest BCUT2D eigenvalue weighted by Gasteiger charge is -2.18. The van der Waals surface area contributed by atoms with Crippen LogP contribution in [0.4, 0.5) is 0 Å². The Morgan fingerprint density at radius 1 is 1.38 bits per heavy atom. The third-order valence-electron chi connectivity index (χ3n) is 2.88. The Morgan fingerprint density at radius 3 is 2.62 bits per heavy atom. The molecule has 1 aliphatic rings. The van der Waals surface area contributed by atoms with Gasteiger partial charge in [-0.05, 0) is 26.3 Å². The Kier molecular flexibility index (Phi) is 5.40. The van der Waals surface area contributed by atoms with E-state index in [-0.39, 0.29) is 0 Å². The van der Waals surface area contributed by atoms with E-state index in [0.717, 1.165) is 6.61 Å². The van der Waals surface area contributed by atoms with Crippen molar-refractivity contribution in [3.63, 3.8) is 0 Å². The molecule has 1 saturated carbocycles. The second-order valence-corrected chi connectivity index (χ2v) is 4.01. The van der Waals surface area contributed by atoms with E-state index >= 15 is 0 Å². The van der Waals surface area contributed by atoms with Gasteiger partial charge < -0.3 is 10.1 Å². The molecule has 0 saturated heterocycles. The molecule has 1 unspecified atom stereocenters. The van der Waals surface area contributed by atoms with Crippen LogP contribution in [0.3, 0.4) is 0 Å². The molecule has 2 heteroatoms. The second kappa shape index (κ2) is 6.39. The summed E-state index contributed by atoms with van der Waals surface area (Å²) in [7, 11) is 2.03. The summed E-state index contributed by atoms with van der Waals surface area (Å²) in [5, 5.41) is 3.30. The molecule has 78 valence electrons. The molecule has 0 aromatic rings. The topological polar surface area (TPSA) is 21.3 Å². The second-order valence-electron chi connectivity index (χ2n) is 4.01. The van der Waals surface area contributed by atoms with Gasteiger partial charge in [0, 0.05) is 6.04 Å². The maximum atomic E-state index is 5.85. The molecule has 13 heavy (non-hydrogen) atoms. The SMILES string of the molecule is CCCC(COC1CCCC1)NC. The first-order valence-corrected chi connectivity index (χ1v) is 5.65. The molecule has 0 aromatic heterocycles. The summed E-state index contributed by atoms with van der Waals surface area (Å²) in [6, 6.07) is 0.561. The highest BCUT2D eigenvalue weighted by atomic mass is 16.5. The van der Waals surface area contributed by atoms with Crippen LogP contribution in [0.25, 0.3) is 0 Å². The van der Waals surface area contributed by atoms with Gasteiger partial charge in [0.15, 0.2) is 0 Å². The van der Waals surface area contributed by atoms with Crippen LogP contribution in [-0.2, 0) is 4.74 Å². The molecule has 0 heterocycles. The van der Waals surface area contributed by atoms with Gasteiger partial charge >= 0.3 is 0 Å². The first-order chi connectivity index (χ1) is 6.36. The maximum absolute atomic E-state index is 5.85. The van der Waals surface area contributed by atoms with Gasteiger partial charge in [-0.25, -0.2) is 0 Å². The fraction of sp³-hybridized carbons (Fsp3) is 1.00. The monoisotopic (exact) mass is 185 g/mol. The van der Waals surface area contributed by atoms with E-state index in [1.165, 1.54) is 38.5 Å². The van der Waals surface area contributed by atoms with Gasteiger partial charge in [0.25, 0.3) is 0 Å². The van der Waals surface area contributed by atoms with E-state index in [9.17, 15) is 0 Å². The molecule has 1 fully saturated rings. The summed E-state index contributed by atoms with van der Waals surface area (Å²) in [6.07, 6.45) is 8.31. The quantitative estimate of drug-likeness (QED) is 0.686. The van der Waals surface area contributed by atoms with Crippen LogP contribution in [0.15, 0.2) is 0 Å². The van der Waals surface area contributed by atoms with E-state index in [0.29, 0.717) is 12.1 Å². The lowest BCUT2D eigenvalue weighted by Crippen LogP contribution is -2.31. The lowest BCUT2D eigenvalue weighted by atomic mass is 10.2. The molecule has 1 rings (SSSR count). The third-order valence-corrected chi connectivity index (χ3v) is 2.88. The normalized spacial score (nSPS) is 20.8. The Hall–Kier alpha value is -0.0800. The smallest absolute Gasteiger partial charge is 0.0623 e. The minimum atomic E-state index is 0.561. The standard InChI is InChI=1S/C11H23NO/c1-3-6-10(12-2)9-13-11-7-4-5-8-11/h10-12H,3-9H2,1-2H3. The average Bonchev–Trinajstić information content (AvgIpc) is 2.64. The van der Waals surface area contributed by atoms with Gasteiger partial charge in [0.05, 0.1) is 12.7 Å². The number of nitrogens with one attached hydrogen (secondary N) is 1. The summed E-state index contributed by atoms with van der Waals surface area (Å²) in [5.41, 5.74) is 0. The zero-order chi connectivity index (χ0) is 9.52. The Bertz CT molecular complexity index is 121. The number of likely N-dealkylation sites (N-methyl/N-ethyl adjacent to an activating group) is 1. The lowest BCUT2D eigenvalue weighted by molar-refractivity contribution is 0.0425. The van der Waals surface area contributed by atoms with Crippen molar-refractivity contribution in [3.05, 3.63) is 0 Å². The molecule has 0 radical (unpaired) electrons. The van der Waals surface area contributed by atoms with Crippen molar-refractivity contribution in [2.45, 2.75) is 57.6 Å². The molecule has 0 aliphatic heterocycles. The molecular weight excluding hydrogens is 162 g/mol. The zero-order valence-corrected chi connectivity index (χ0v) is 9.01. The highest BCUT2D eigenvalue weighted by Crippen LogP contribution is 2.21. The van der Waals surface area contributed by atoms with Crippen molar-refractivity contribution in [1.29, 1.82) is 0 Å². The largest absolute Gasteiger partial charge is 0.377 e. The van der Waals surface area contributed by atoms with Gasteiger partial charge in [0.2, 0.25) is 0 Å². The highest BCUT2D eigenvalue weighted by Gasteiger charge is 2.16. The Balaban J connectivity index is 2.07. The molecule has 2 nitrogen and oxygen atoms in total. The highest BCUT2D eigenvalue weighted by molar-refractivity contribution is 4.69. The van der Waals surface area contributed by atoms with Crippen LogP contribution >= 0.6 is 0 Å². The summed E-state index contributed by atoms with van der Waals surface area (Å²) in [6.45, 7) is 3.12. The van der Waals surface area contributed by atoms with Gasteiger partial charge in [-0.3, -0.25) is 0 Å². The van der Waals surface area contributed by atoms with Crippen LogP contribution in [0.1, 0.15) is 45.4 Å². The maximum Gasteiger partial charge on any atom is 0.0623 e. The fourth-order valence-electron chi connectivity index (χ4n) is 1.97. The minimum absolute atomic E-state index is 0.561. The van der Waals surface area contributed by atoms with Crippen molar-refractivity contribution in [2.75, 3.05) is 13.7 Å². The fourth-order valence-corrected chi connectivity index (χ4v) is 1.97. The molecule has 0 spiro atoms. The third kappa shape index (κ3) is 4.10. The Morgan fingerprint density at radius 2 is 2.08 bits per heavy atom. The summed E-state index contributed by atoms with van der Waals surface area (Å²) in [5.74, 6) is 0. The Labute approximate surface area is 82.0 Å². The predicted molar refractivity (Wildman–Crippen MR) is 56.0 cm³/mol. The van der Waals surface area contributed by atoms with E-state index in [4.69, 9.17) is 4.74 Å². The zero-order valence-electron chi connectivity index (χ0n) is 9.01. The summed E-state index contributed by atoms with van der Waals surface area (Å²) < 4.78 is 5.85. The summed E-state index contributed by atoms with van der Waals surface area (Å²) >= 11 is 0. The van der Waals surface area contributed by atoms with E-state index in [1.807, 2.05) is 7.05 Å². The first kappa shape index (κ1) is 11.0. The van der Waals surface area contributed by atoms with Crippen molar-refractivity contribution < 1.29 is 4.74 Å². The van der Waals surface area contributed by atoms with Crippen LogP contribution in [0, 0.1) is 0 Å². The van der Waals surface area contributed by atoms with Gasteiger partial charge in [-0.2, -0.15) is 0 Å². The van der Waals surface area contributed by atoms with Gasteiger partial charge in [-0.1, -0.05) is 26.2 Å². The average molecular weight is 185 g/mol. The molecule has 0 aromatic carbocycles. The number of ether oxygens (including phenoxy) is 1. The minimum Gasteiger partial charge on any atom is -0.377 e. The molecule has 1 N–H and O–H groups in total. The summed E-state index contributed by atoms with van der Waals surface area (Å²) in [4.78, 5) is 0. The van der Waals surface area contributed by atoms with Gasteiger partial charge in [0.1, 0.15) is 0 Å². The molecular formula is C11H23NO. The predicted octanol–water partition coefficient (Wildman–Crippen LogP) is 2.33. The van der Waals surface area contributed by atoms with Crippen LogP contribution in [0.2, 0.25) is 0 Å².